The number of hydrogen-bond donors (Lipinski definition) is 1. The van der Waals surface area contributed by atoms with Crippen molar-refractivity contribution >= 4 is 6.09 Å². The predicted molar refractivity (Wildman–Crippen MR) is 62.3 cm³/mol. The van der Waals surface area contributed by atoms with Crippen LogP contribution in [0.4, 0.5) is 4.79 Å². The largest absolute Gasteiger partial charge is 0.444 e. The van der Waals surface area contributed by atoms with Crippen LogP contribution in [0, 0.1) is 0 Å². The van der Waals surface area contributed by atoms with E-state index in [0.29, 0.717) is 12.1 Å². The smallest absolute Gasteiger partial charge is 0.410 e. The van der Waals surface area contributed by atoms with E-state index in [0.717, 1.165) is 6.54 Å². The number of ether oxygens (including phenoxy) is 1. The number of nitrogens with one attached hydrogen (secondary N) is 1. The maximum absolute atomic E-state index is 12.0. The van der Waals surface area contributed by atoms with Gasteiger partial charge in [0.1, 0.15) is 5.60 Å². The first-order chi connectivity index (χ1) is 7.37. The summed E-state index contributed by atoms with van der Waals surface area (Å²) in [5.74, 6) is 0. The molecule has 4 heteroatoms. The average Bonchev–Trinajstić information content (AvgIpc) is 2.53. The number of nitrogens with zero attached hydrogens (tertiary/aromatic N) is 1. The molecule has 0 spiro atoms. The highest BCUT2D eigenvalue weighted by Gasteiger charge is 2.41. The van der Waals surface area contributed by atoms with E-state index in [9.17, 15) is 4.79 Å². The van der Waals surface area contributed by atoms with Gasteiger partial charge in [-0.15, -0.1) is 0 Å². The summed E-state index contributed by atoms with van der Waals surface area (Å²) >= 11 is 0. The molecule has 0 radical (unpaired) electrons. The second-order valence-electron chi connectivity index (χ2n) is 5.92. The number of carbonyl (C=O) groups excluding carboxylic acids is 1. The zero-order chi connectivity index (χ0) is 11.9. The Labute approximate surface area is 97.3 Å². The van der Waals surface area contributed by atoms with Crippen LogP contribution in [-0.2, 0) is 4.74 Å². The molecule has 0 aromatic heterocycles. The Morgan fingerprint density at radius 3 is 2.69 bits per heavy atom. The van der Waals surface area contributed by atoms with E-state index in [1.165, 1.54) is 12.8 Å². The third-order valence-corrected chi connectivity index (χ3v) is 3.39. The molecule has 92 valence electrons. The van der Waals surface area contributed by atoms with Crippen molar-refractivity contribution in [2.75, 3.05) is 6.54 Å². The quantitative estimate of drug-likeness (QED) is 0.684. The lowest BCUT2D eigenvalue weighted by atomic mass is 10.1. The lowest BCUT2D eigenvalue weighted by molar-refractivity contribution is 0.00796. The third-order valence-electron chi connectivity index (χ3n) is 3.39. The fraction of sp³-hybridized carbons (Fsp3) is 0.917. The van der Waals surface area contributed by atoms with Gasteiger partial charge >= 0.3 is 6.09 Å². The standard InChI is InChI=1S/C12H22N2O2/c1-8-10-6-5-9(13-10)7-14(8)11(15)16-12(2,3)4/h8-10,13H,5-7H2,1-4H3/t8-,9+,10-/m1/s1. The van der Waals surface area contributed by atoms with Gasteiger partial charge in [-0.25, -0.2) is 4.79 Å². The first kappa shape index (κ1) is 11.7. The van der Waals surface area contributed by atoms with Gasteiger partial charge in [-0.3, -0.25) is 0 Å². The van der Waals surface area contributed by atoms with E-state index in [4.69, 9.17) is 4.74 Å². The van der Waals surface area contributed by atoms with Crippen molar-refractivity contribution < 1.29 is 9.53 Å². The molecule has 0 aromatic rings. The maximum Gasteiger partial charge on any atom is 0.410 e. The number of carbonyl (C=O) groups is 1. The predicted octanol–water partition coefficient (Wildman–Crippen LogP) is 1.75. The molecule has 2 fully saturated rings. The number of piperazine rings is 1. The Balaban J connectivity index is 2.01. The lowest BCUT2D eigenvalue weighted by Gasteiger charge is -2.39. The molecule has 2 aliphatic rings. The van der Waals surface area contributed by atoms with Gasteiger partial charge < -0.3 is 15.0 Å². The molecule has 2 bridgehead atoms. The molecule has 3 atom stereocenters. The zero-order valence-corrected chi connectivity index (χ0v) is 10.6. The molecule has 1 N–H and O–H groups in total. The second kappa shape index (κ2) is 3.91. The molecule has 2 aliphatic heterocycles. The molecule has 4 nitrogen and oxygen atoms in total. The number of fused-ring (bicyclic) bond motifs is 2. The number of rotatable bonds is 0. The van der Waals surface area contributed by atoms with Crippen LogP contribution in [0.1, 0.15) is 40.5 Å². The van der Waals surface area contributed by atoms with Gasteiger partial charge in [0.15, 0.2) is 0 Å². The van der Waals surface area contributed by atoms with E-state index in [1.54, 1.807) is 0 Å². The van der Waals surface area contributed by atoms with E-state index in [-0.39, 0.29) is 12.1 Å². The van der Waals surface area contributed by atoms with Crippen molar-refractivity contribution in [1.29, 1.82) is 0 Å². The Morgan fingerprint density at radius 1 is 1.38 bits per heavy atom. The summed E-state index contributed by atoms with van der Waals surface area (Å²) in [4.78, 5) is 13.9. The number of hydrogen-bond acceptors (Lipinski definition) is 3. The maximum atomic E-state index is 12.0. The summed E-state index contributed by atoms with van der Waals surface area (Å²) in [6, 6.07) is 1.16. The van der Waals surface area contributed by atoms with Gasteiger partial charge in [-0.05, 0) is 40.5 Å². The van der Waals surface area contributed by atoms with Crippen LogP contribution < -0.4 is 5.32 Å². The third kappa shape index (κ3) is 2.32. The minimum Gasteiger partial charge on any atom is -0.444 e. The van der Waals surface area contributed by atoms with Gasteiger partial charge in [0.05, 0.1) is 0 Å². The van der Waals surface area contributed by atoms with Crippen LogP contribution in [0.2, 0.25) is 0 Å². The normalized spacial score (nSPS) is 34.0. The highest BCUT2D eigenvalue weighted by molar-refractivity contribution is 5.69. The van der Waals surface area contributed by atoms with E-state index in [1.807, 2.05) is 25.7 Å². The summed E-state index contributed by atoms with van der Waals surface area (Å²) in [5, 5.41) is 3.54. The Hall–Kier alpha value is -0.770. The van der Waals surface area contributed by atoms with Gasteiger partial charge in [-0.1, -0.05) is 0 Å². The molecule has 1 amide bonds. The van der Waals surface area contributed by atoms with Crippen LogP contribution >= 0.6 is 0 Å². The topological polar surface area (TPSA) is 41.6 Å². The van der Waals surface area contributed by atoms with Gasteiger partial charge in [0, 0.05) is 24.7 Å². The summed E-state index contributed by atoms with van der Waals surface area (Å²) in [7, 11) is 0. The zero-order valence-electron chi connectivity index (χ0n) is 10.6. The van der Waals surface area contributed by atoms with Crippen LogP contribution in [0.5, 0.6) is 0 Å². The first-order valence-electron chi connectivity index (χ1n) is 6.12. The Morgan fingerprint density at radius 2 is 2.06 bits per heavy atom. The summed E-state index contributed by atoms with van der Waals surface area (Å²) < 4.78 is 5.43. The highest BCUT2D eigenvalue weighted by atomic mass is 16.6. The fourth-order valence-electron chi connectivity index (χ4n) is 2.56. The van der Waals surface area contributed by atoms with Crippen molar-refractivity contribution in [1.82, 2.24) is 10.2 Å². The van der Waals surface area contributed by atoms with Crippen LogP contribution in [0.3, 0.4) is 0 Å². The molecule has 2 heterocycles. The van der Waals surface area contributed by atoms with E-state index < -0.39 is 5.60 Å². The van der Waals surface area contributed by atoms with Crippen LogP contribution in [0.25, 0.3) is 0 Å². The lowest BCUT2D eigenvalue weighted by Crippen LogP contribution is -2.59. The highest BCUT2D eigenvalue weighted by Crippen LogP contribution is 2.26. The SMILES string of the molecule is C[C@@H]1[C@H]2CC[C@@H](CN1C(=O)OC(C)(C)C)N2. The molecule has 0 aliphatic carbocycles. The van der Waals surface area contributed by atoms with Crippen molar-refractivity contribution in [3.8, 4) is 0 Å². The summed E-state index contributed by atoms with van der Waals surface area (Å²) in [5.41, 5.74) is -0.402. The first-order valence-corrected chi connectivity index (χ1v) is 6.12. The van der Waals surface area contributed by atoms with Gasteiger partial charge in [0.25, 0.3) is 0 Å². The molecular weight excluding hydrogens is 204 g/mol. The van der Waals surface area contributed by atoms with Gasteiger partial charge in [-0.2, -0.15) is 0 Å². The van der Waals surface area contributed by atoms with E-state index in [2.05, 4.69) is 12.2 Å². The van der Waals surface area contributed by atoms with E-state index >= 15 is 0 Å². The monoisotopic (exact) mass is 226 g/mol. The van der Waals surface area contributed by atoms with Gasteiger partial charge in [0.2, 0.25) is 0 Å². The van der Waals surface area contributed by atoms with Crippen molar-refractivity contribution in [2.24, 2.45) is 0 Å². The van der Waals surface area contributed by atoms with Crippen LogP contribution in [-0.4, -0.2) is 41.3 Å². The molecule has 0 unspecified atom stereocenters. The molecular formula is C12H22N2O2. The molecule has 0 aromatic carbocycles. The molecule has 2 saturated heterocycles. The molecule has 0 saturated carbocycles. The fourth-order valence-corrected chi connectivity index (χ4v) is 2.56. The van der Waals surface area contributed by atoms with Crippen molar-refractivity contribution in [3.05, 3.63) is 0 Å². The summed E-state index contributed by atoms with van der Waals surface area (Å²) in [6.07, 6.45) is 2.18. The molecule has 16 heavy (non-hydrogen) atoms. The number of likely N-dealkylation sites (tertiary alicyclic amines) is 1. The van der Waals surface area contributed by atoms with Crippen molar-refractivity contribution in [2.45, 2.75) is 64.3 Å². The Kier molecular flexibility index (Phi) is 2.86. The molecule has 2 rings (SSSR count). The minimum atomic E-state index is -0.402. The second-order valence-corrected chi connectivity index (χ2v) is 5.92. The number of amides is 1. The minimum absolute atomic E-state index is 0.168. The van der Waals surface area contributed by atoms with Crippen LogP contribution in [0.15, 0.2) is 0 Å². The average molecular weight is 226 g/mol. The summed E-state index contributed by atoms with van der Waals surface area (Å²) in [6.45, 7) is 8.61. The Bertz CT molecular complexity index is 285. The van der Waals surface area contributed by atoms with Crippen molar-refractivity contribution in [3.63, 3.8) is 0 Å².